The molecule has 160 valence electrons. The molecule has 0 aliphatic carbocycles. The van der Waals surface area contributed by atoms with Crippen molar-refractivity contribution in [3.05, 3.63) is 60.3 Å². The summed E-state index contributed by atoms with van der Waals surface area (Å²) in [4.78, 5) is 15.4. The third-order valence-electron chi connectivity index (χ3n) is 5.00. The van der Waals surface area contributed by atoms with Gasteiger partial charge in [0, 0.05) is 18.3 Å². The number of rotatable bonds is 9. The van der Waals surface area contributed by atoms with Gasteiger partial charge in [0.05, 0.1) is 4.90 Å². The van der Waals surface area contributed by atoms with Crippen LogP contribution in [0.3, 0.4) is 0 Å². The molecule has 0 saturated heterocycles. The third-order valence-corrected chi connectivity index (χ3v) is 6.93. The van der Waals surface area contributed by atoms with E-state index in [1.165, 1.54) is 24.3 Å². The zero-order valence-electron chi connectivity index (χ0n) is 16.6. The molecule has 4 N–H and O–H groups in total. The Morgan fingerprint density at radius 3 is 2.57 bits per heavy atom. The number of carbonyl (C=O) groups excluding carboxylic acids is 1. The van der Waals surface area contributed by atoms with Gasteiger partial charge in [0.15, 0.2) is 0 Å². The van der Waals surface area contributed by atoms with Gasteiger partial charge in [0.1, 0.15) is 11.8 Å². The molecule has 0 saturated carbocycles. The molecular formula is C21H25N3O5S. The molecule has 2 aromatic carbocycles. The Labute approximate surface area is 175 Å². The Morgan fingerprint density at radius 2 is 1.90 bits per heavy atom. The van der Waals surface area contributed by atoms with Crippen molar-refractivity contribution in [1.29, 1.82) is 0 Å². The van der Waals surface area contributed by atoms with E-state index in [4.69, 9.17) is 0 Å². The molecule has 1 aromatic heterocycles. The predicted octanol–water partition coefficient (Wildman–Crippen LogP) is 2.78. The first-order chi connectivity index (χ1) is 14.4. The summed E-state index contributed by atoms with van der Waals surface area (Å²) >= 11 is 0. The number of hydrogen-bond acceptors (Lipinski definition) is 5. The lowest BCUT2D eigenvalue weighted by Crippen LogP contribution is -2.49. The number of fused-ring (bicyclic) bond motifs is 1. The summed E-state index contributed by atoms with van der Waals surface area (Å²) in [5, 5.41) is 19.7. The van der Waals surface area contributed by atoms with Gasteiger partial charge in [-0.1, -0.05) is 19.4 Å². The standard InChI is InChI=1S/C21H25N3O5S/c1-2-3-20(21(26)23-27)24(30(28,29)18-7-5-17(25)6-8-18)13-11-15-4-9-19-16(14-15)10-12-22-19/h4-10,12,14,20,22,25,27H,2-3,11,13H2,1H3,(H,23,26)/t20-/m1/s1. The molecule has 0 radical (unpaired) electrons. The highest BCUT2D eigenvalue weighted by Gasteiger charge is 2.35. The van der Waals surface area contributed by atoms with Crippen LogP contribution in [0.5, 0.6) is 5.75 Å². The molecule has 1 amide bonds. The molecule has 0 aliphatic heterocycles. The van der Waals surface area contributed by atoms with Crippen LogP contribution in [-0.4, -0.2) is 46.5 Å². The van der Waals surface area contributed by atoms with E-state index in [1.54, 1.807) is 5.48 Å². The number of carbonyl (C=O) groups is 1. The van der Waals surface area contributed by atoms with E-state index < -0.39 is 22.0 Å². The summed E-state index contributed by atoms with van der Waals surface area (Å²) in [7, 11) is -4.05. The zero-order chi connectivity index (χ0) is 21.7. The van der Waals surface area contributed by atoms with Gasteiger partial charge in [-0.2, -0.15) is 4.31 Å². The van der Waals surface area contributed by atoms with Crippen molar-refractivity contribution in [1.82, 2.24) is 14.8 Å². The Bertz CT molecular complexity index is 1110. The first-order valence-corrected chi connectivity index (χ1v) is 11.1. The minimum atomic E-state index is -4.05. The highest BCUT2D eigenvalue weighted by Crippen LogP contribution is 2.24. The number of hydrogen-bond donors (Lipinski definition) is 4. The molecule has 8 nitrogen and oxygen atoms in total. The predicted molar refractivity (Wildman–Crippen MR) is 113 cm³/mol. The fraction of sp³-hybridized carbons (Fsp3) is 0.286. The number of aromatic hydroxyl groups is 1. The number of phenolic OH excluding ortho intramolecular Hbond substituents is 1. The summed E-state index contributed by atoms with van der Waals surface area (Å²) < 4.78 is 27.8. The number of nitrogens with zero attached hydrogens (tertiary/aromatic N) is 1. The average Bonchev–Trinajstić information content (AvgIpc) is 3.20. The van der Waals surface area contributed by atoms with Gasteiger partial charge in [-0.15, -0.1) is 0 Å². The van der Waals surface area contributed by atoms with Crippen molar-refractivity contribution in [3.8, 4) is 5.75 Å². The Balaban J connectivity index is 1.94. The average molecular weight is 432 g/mol. The second kappa shape index (κ2) is 9.29. The molecule has 0 unspecified atom stereocenters. The third kappa shape index (κ3) is 4.64. The number of amides is 1. The minimum absolute atomic E-state index is 0.0340. The second-order valence-corrected chi connectivity index (χ2v) is 8.93. The van der Waals surface area contributed by atoms with Crippen molar-refractivity contribution in [2.75, 3.05) is 6.54 Å². The zero-order valence-corrected chi connectivity index (χ0v) is 17.4. The lowest BCUT2D eigenvalue weighted by molar-refractivity contribution is -0.133. The number of hydroxylamine groups is 1. The van der Waals surface area contributed by atoms with Crippen molar-refractivity contribution in [2.24, 2.45) is 0 Å². The Morgan fingerprint density at radius 1 is 1.17 bits per heavy atom. The summed E-state index contributed by atoms with van der Waals surface area (Å²) in [6.07, 6.45) is 3.02. The van der Waals surface area contributed by atoms with Gasteiger partial charge in [0.25, 0.3) is 5.91 Å². The Kier molecular flexibility index (Phi) is 6.76. The van der Waals surface area contributed by atoms with Crippen LogP contribution in [0.1, 0.15) is 25.3 Å². The fourth-order valence-electron chi connectivity index (χ4n) is 3.45. The monoisotopic (exact) mass is 431 g/mol. The summed E-state index contributed by atoms with van der Waals surface area (Å²) in [6, 6.07) is 11.8. The molecule has 0 spiro atoms. The van der Waals surface area contributed by atoms with Crippen LogP contribution in [0, 0.1) is 0 Å². The molecule has 0 aliphatic rings. The Hall–Kier alpha value is -2.88. The number of sulfonamides is 1. The molecule has 9 heteroatoms. The van der Waals surface area contributed by atoms with Gasteiger partial charge >= 0.3 is 0 Å². The van der Waals surface area contributed by atoms with E-state index in [2.05, 4.69) is 4.98 Å². The van der Waals surface area contributed by atoms with E-state index in [1.807, 2.05) is 37.4 Å². The van der Waals surface area contributed by atoms with Crippen LogP contribution >= 0.6 is 0 Å². The number of phenols is 1. The van der Waals surface area contributed by atoms with Gasteiger partial charge in [0.2, 0.25) is 10.0 Å². The van der Waals surface area contributed by atoms with Gasteiger partial charge < -0.3 is 10.1 Å². The lowest BCUT2D eigenvalue weighted by atomic mass is 10.1. The van der Waals surface area contributed by atoms with E-state index in [0.717, 1.165) is 20.8 Å². The molecule has 1 atom stereocenters. The molecule has 3 rings (SSSR count). The molecule has 0 bridgehead atoms. The number of benzene rings is 2. The highest BCUT2D eigenvalue weighted by atomic mass is 32.2. The maximum atomic E-state index is 13.4. The number of nitrogens with one attached hydrogen (secondary N) is 2. The first-order valence-electron chi connectivity index (χ1n) is 9.67. The normalized spacial score (nSPS) is 12.9. The molecule has 0 fully saturated rings. The number of H-pyrrole nitrogens is 1. The van der Waals surface area contributed by atoms with Crippen LogP contribution in [0.4, 0.5) is 0 Å². The minimum Gasteiger partial charge on any atom is -0.508 e. The van der Waals surface area contributed by atoms with Crippen LogP contribution in [0.25, 0.3) is 10.9 Å². The topological polar surface area (TPSA) is 123 Å². The lowest BCUT2D eigenvalue weighted by Gasteiger charge is -2.29. The van der Waals surface area contributed by atoms with Gasteiger partial charge in [-0.05, 0) is 66.3 Å². The quantitative estimate of drug-likeness (QED) is 0.306. The van der Waals surface area contributed by atoms with E-state index >= 15 is 0 Å². The highest BCUT2D eigenvalue weighted by molar-refractivity contribution is 7.89. The van der Waals surface area contributed by atoms with E-state index in [-0.39, 0.29) is 23.6 Å². The van der Waals surface area contributed by atoms with Crippen LogP contribution in [0.2, 0.25) is 0 Å². The largest absolute Gasteiger partial charge is 0.508 e. The van der Waals surface area contributed by atoms with Gasteiger partial charge in [-0.25, -0.2) is 13.9 Å². The van der Waals surface area contributed by atoms with E-state index in [0.29, 0.717) is 12.8 Å². The SMILES string of the molecule is CCC[C@H](C(=O)NO)N(CCc1ccc2[nH]ccc2c1)S(=O)(=O)c1ccc(O)cc1. The fourth-order valence-corrected chi connectivity index (χ4v) is 5.07. The molecule has 1 heterocycles. The van der Waals surface area contributed by atoms with Crippen LogP contribution in [0.15, 0.2) is 59.6 Å². The molecule has 3 aromatic rings. The maximum absolute atomic E-state index is 13.4. The van der Waals surface area contributed by atoms with E-state index in [9.17, 15) is 23.5 Å². The van der Waals surface area contributed by atoms with Gasteiger partial charge in [-0.3, -0.25) is 10.0 Å². The van der Waals surface area contributed by atoms with Crippen molar-refractivity contribution < 1.29 is 23.5 Å². The molecular weight excluding hydrogens is 406 g/mol. The number of aromatic nitrogens is 1. The smallest absolute Gasteiger partial charge is 0.261 e. The van der Waals surface area contributed by atoms with Crippen LogP contribution in [-0.2, 0) is 21.2 Å². The maximum Gasteiger partial charge on any atom is 0.261 e. The summed E-state index contributed by atoms with van der Waals surface area (Å²) in [6.45, 7) is 1.89. The van der Waals surface area contributed by atoms with Crippen molar-refractivity contribution in [3.63, 3.8) is 0 Å². The van der Waals surface area contributed by atoms with Crippen LogP contribution < -0.4 is 5.48 Å². The van der Waals surface area contributed by atoms with Crippen molar-refractivity contribution in [2.45, 2.75) is 37.1 Å². The first kappa shape index (κ1) is 21.8. The summed E-state index contributed by atoms with van der Waals surface area (Å²) in [5.41, 5.74) is 3.50. The summed E-state index contributed by atoms with van der Waals surface area (Å²) in [5.74, 6) is -0.834. The number of aromatic amines is 1. The molecule has 30 heavy (non-hydrogen) atoms. The van der Waals surface area contributed by atoms with Crippen molar-refractivity contribution >= 4 is 26.8 Å². The second-order valence-electron chi connectivity index (χ2n) is 7.04.